The average Bonchev–Trinajstić information content (AvgIpc) is 3.30. The molecule has 1 aliphatic heterocycles. The van der Waals surface area contributed by atoms with Crippen LogP contribution in [-0.2, 0) is 9.84 Å². The number of rotatable bonds is 7. The lowest BCUT2D eigenvalue weighted by molar-refractivity contribution is 0.245. The van der Waals surface area contributed by atoms with Crippen molar-refractivity contribution in [2.75, 3.05) is 37.7 Å². The van der Waals surface area contributed by atoms with Gasteiger partial charge in [-0.2, -0.15) is 5.26 Å². The Labute approximate surface area is 197 Å². The second-order valence-electron chi connectivity index (χ2n) is 8.31. The van der Waals surface area contributed by atoms with Crippen molar-refractivity contribution in [3.05, 3.63) is 60.4 Å². The molecule has 34 heavy (non-hydrogen) atoms. The summed E-state index contributed by atoms with van der Waals surface area (Å²) in [6.45, 7) is 2.31. The van der Waals surface area contributed by atoms with Crippen molar-refractivity contribution in [2.45, 2.75) is 6.42 Å². The number of sulfone groups is 1. The fourth-order valence-electron chi connectivity index (χ4n) is 4.11. The van der Waals surface area contributed by atoms with Crippen molar-refractivity contribution in [3.8, 4) is 23.3 Å². The van der Waals surface area contributed by atoms with Gasteiger partial charge in [-0.1, -0.05) is 0 Å². The van der Waals surface area contributed by atoms with E-state index in [9.17, 15) is 13.7 Å². The molecule has 9 heteroatoms. The highest BCUT2D eigenvalue weighted by molar-refractivity contribution is 7.91. The molecule has 3 heterocycles. The Balaban J connectivity index is 1.28. The molecule has 2 aromatic heterocycles. The molecule has 1 fully saturated rings. The lowest BCUT2D eigenvalue weighted by Gasteiger charge is -2.26. The molecule has 174 valence electrons. The van der Waals surface area contributed by atoms with E-state index in [1.807, 2.05) is 30.5 Å². The first-order chi connectivity index (χ1) is 16.5. The fraction of sp³-hybridized carbons (Fsp3) is 0.280. The number of aromatic amines is 1. The van der Waals surface area contributed by atoms with Crippen molar-refractivity contribution < 1.29 is 17.9 Å². The highest BCUT2D eigenvalue weighted by atomic mass is 32.2. The van der Waals surface area contributed by atoms with Crippen LogP contribution in [0.15, 0.2) is 54.9 Å². The van der Waals surface area contributed by atoms with Crippen LogP contribution >= 0.6 is 0 Å². The fourth-order valence-corrected chi connectivity index (χ4v) is 5.39. The first-order valence-corrected chi connectivity index (χ1v) is 13.0. The van der Waals surface area contributed by atoms with Crippen LogP contribution in [-0.4, -0.2) is 61.0 Å². The highest BCUT2D eigenvalue weighted by Gasteiger charge is 2.21. The Kier molecular flexibility index (Phi) is 6.09. The Morgan fingerprint density at radius 1 is 1.09 bits per heavy atom. The molecule has 0 unspecified atom stereocenters. The van der Waals surface area contributed by atoms with Gasteiger partial charge in [-0.3, -0.25) is 4.98 Å². The number of hydrogen-bond donors (Lipinski definition) is 1. The third-order valence-electron chi connectivity index (χ3n) is 5.99. The van der Waals surface area contributed by atoms with Gasteiger partial charge in [0, 0.05) is 54.4 Å². The lowest BCUT2D eigenvalue weighted by Crippen LogP contribution is -2.40. The largest absolute Gasteiger partial charge is 0.492 e. The number of benzene rings is 2. The number of nitrogens with zero attached hydrogens (tertiary/aromatic N) is 3. The van der Waals surface area contributed by atoms with E-state index in [2.05, 4.69) is 20.9 Å². The maximum Gasteiger partial charge on any atom is 0.152 e. The summed E-state index contributed by atoms with van der Waals surface area (Å²) in [7, 11) is -2.88. The molecule has 0 saturated carbocycles. The van der Waals surface area contributed by atoms with E-state index >= 15 is 0 Å². The van der Waals surface area contributed by atoms with Gasteiger partial charge < -0.3 is 19.4 Å². The first-order valence-electron chi connectivity index (χ1n) is 11.1. The van der Waals surface area contributed by atoms with Crippen LogP contribution in [0.25, 0.3) is 21.8 Å². The molecule has 8 nitrogen and oxygen atoms in total. The number of ether oxygens (including phenoxy) is 2. The molecule has 1 N–H and O–H groups in total. The van der Waals surface area contributed by atoms with Crippen molar-refractivity contribution in [1.29, 1.82) is 5.26 Å². The van der Waals surface area contributed by atoms with Crippen LogP contribution in [0.2, 0.25) is 0 Å². The maximum atomic E-state index is 11.6. The number of nitrogens with one attached hydrogen (secondary N) is 1. The molecule has 0 aliphatic carbocycles. The topological polar surface area (TPSA) is 108 Å². The quantitative estimate of drug-likeness (QED) is 0.403. The molecule has 1 aliphatic rings. The van der Waals surface area contributed by atoms with Gasteiger partial charge in [-0.05, 0) is 42.8 Å². The minimum atomic E-state index is -2.88. The van der Waals surface area contributed by atoms with Crippen LogP contribution in [0.5, 0.6) is 17.2 Å². The molecule has 0 bridgehead atoms. The van der Waals surface area contributed by atoms with Crippen LogP contribution in [0.1, 0.15) is 12.0 Å². The Hall–Kier alpha value is -3.61. The van der Waals surface area contributed by atoms with Crippen molar-refractivity contribution in [1.82, 2.24) is 14.9 Å². The van der Waals surface area contributed by atoms with E-state index in [4.69, 9.17) is 9.47 Å². The van der Waals surface area contributed by atoms with Gasteiger partial charge in [0.25, 0.3) is 0 Å². The van der Waals surface area contributed by atoms with Crippen molar-refractivity contribution in [3.63, 3.8) is 0 Å². The van der Waals surface area contributed by atoms with E-state index < -0.39 is 9.84 Å². The lowest BCUT2D eigenvalue weighted by atomic mass is 10.1. The number of nitriles is 1. The maximum absolute atomic E-state index is 11.6. The molecular formula is C25H24N4O4S. The van der Waals surface area contributed by atoms with E-state index in [1.165, 1.54) is 0 Å². The van der Waals surface area contributed by atoms with Crippen molar-refractivity contribution in [2.24, 2.45) is 0 Å². The molecule has 0 atom stereocenters. The molecule has 4 aromatic rings. The van der Waals surface area contributed by atoms with Gasteiger partial charge in [0.2, 0.25) is 0 Å². The summed E-state index contributed by atoms with van der Waals surface area (Å²) in [6, 6.07) is 15.3. The van der Waals surface area contributed by atoms with Crippen LogP contribution in [0, 0.1) is 11.3 Å². The summed E-state index contributed by atoms with van der Waals surface area (Å²) >= 11 is 0. The highest BCUT2D eigenvalue weighted by Crippen LogP contribution is 2.34. The van der Waals surface area contributed by atoms with E-state index in [1.54, 1.807) is 24.4 Å². The van der Waals surface area contributed by atoms with Gasteiger partial charge in [0.15, 0.2) is 9.84 Å². The Bertz CT molecular complexity index is 1480. The number of H-pyrrole nitrogens is 1. The van der Waals surface area contributed by atoms with Gasteiger partial charge in [0.05, 0.1) is 29.2 Å². The Morgan fingerprint density at radius 3 is 2.76 bits per heavy atom. The van der Waals surface area contributed by atoms with Gasteiger partial charge >= 0.3 is 0 Å². The Morgan fingerprint density at radius 2 is 1.94 bits per heavy atom. The smallest absolute Gasteiger partial charge is 0.152 e. The van der Waals surface area contributed by atoms with E-state index in [0.29, 0.717) is 48.0 Å². The standard InChI is InChI=1S/C25H24N4O4S/c26-17-19-15-21-23(16-25(19)32-11-1-8-29-9-12-34(30,31)13-10-29)28-7-5-24(21)33-20-2-3-22-18(14-20)4-6-27-22/h2-7,14-16,27H,1,8-13H2. The van der Waals surface area contributed by atoms with Crippen molar-refractivity contribution >= 4 is 31.6 Å². The summed E-state index contributed by atoms with van der Waals surface area (Å²) in [4.78, 5) is 9.73. The number of hydrogen-bond acceptors (Lipinski definition) is 7. The second-order valence-corrected chi connectivity index (χ2v) is 10.6. The summed E-state index contributed by atoms with van der Waals surface area (Å²) < 4.78 is 35.2. The van der Waals surface area contributed by atoms with Gasteiger partial charge in [-0.25, -0.2) is 8.42 Å². The molecule has 1 saturated heterocycles. The summed E-state index contributed by atoms with van der Waals surface area (Å²) in [5.74, 6) is 2.22. The molecule has 2 aromatic carbocycles. The van der Waals surface area contributed by atoms with E-state index in [-0.39, 0.29) is 11.5 Å². The molecule has 0 amide bonds. The predicted molar refractivity (Wildman–Crippen MR) is 130 cm³/mol. The monoisotopic (exact) mass is 476 g/mol. The van der Waals surface area contributed by atoms with Crippen LogP contribution in [0.3, 0.4) is 0 Å². The number of fused-ring (bicyclic) bond motifs is 2. The third-order valence-corrected chi connectivity index (χ3v) is 7.60. The first kappa shape index (κ1) is 22.2. The number of pyridine rings is 1. The van der Waals surface area contributed by atoms with Gasteiger partial charge in [0.1, 0.15) is 23.3 Å². The summed E-state index contributed by atoms with van der Waals surface area (Å²) in [5.41, 5.74) is 2.12. The zero-order chi connectivity index (χ0) is 23.5. The predicted octanol–water partition coefficient (Wildman–Crippen LogP) is 3.88. The molecular weight excluding hydrogens is 452 g/mol. The normalized spacial score (nSPS) is 15.9. The summed E-state index contributed by atoms with van der Waals surface area (Å²) in [6.07, 6.45) is 4.29. The minimum Gasteiger partial charge on any atom is -0.492 e. The zero-order valence-electron chi connectivity index (χ0n) is 18.5. The van der Waals surface area contributed by atoms with Crippen LogP contribution < -0.4 is 9.47 Å². The third kappa shape index (κ3) is 4.83. The SMILES string of the molecule is N#Cc1cc2c(Oc3ccc4[nH]ccc4c3)ccnc2cc1OCCCN1CCS(=O)(=O)CC1. The molecule has 0 radical (unpaired) electrons. The molecule has 5 rings (SSSR count). The number of aromatic nitrogens is 2. The van der Waals surface area contributed by atoms with Crippen LogP contribution in [0.4, 0.5) is 0 Å². The zero-order valence-corrected chi connectivity index (χ0v) is 19.3. The second kappa shape index (κ2) is 9.33. The van der Waals surface area contributed by atoms with E-state index in [0.717, 1.165) is 29.3 Å². The minimum absolute atomic E-state index is 0.215. The average molecular weight is 477 g/mol. The summed E-state index contributed by atoms with van der Waals surface area (Å²) in [5, 5.41) is 11.5. The van der Waals surface area contributed by atoms with Gasteiger partial charge in [-0.15, -0.1) is 0 Å². The molecule has 0 spiro atoms.